The quantitative estimate of drug-likeness (QED) is 0.565. The van der Waals surface area contributed by atoms with E-state index in [9.17, 15) is 32.6 Å². The zero-order valence-corrected chi connectivity index (χ0v) is 14.3. The number of sulfonamides is 1. The Labute approximate surface area is 145 Å². The first-order valence-corrected chi connectivity index (χ1v) is 9.28. The molecule has 1 unspecified atom stereocenters. The van der Waals surface area contributed by atoms with Crippen LogP contribution in [0.25, 0.3) is 0 Å². The first-order chi connectivity index (χ1) is 11.7. The normalized spacial score (nSPS) is 12.5. The van der Waals surface area contributed by atoms with Gasteiger partial charge in [-0.05, 0) is 25.2 Å². The smallest absolute Gasteiger partial charge is 0.336 e. The molecule has 0 saturated carbocycles. The van der Waals surface area contributed by atoms with Gasteiger partial charge in [0, 0.05) is 12.1 Å². The Morgan fingerprint density at radius 3 is 2.40 bits per heavy atom. The fourth-order valence-electron chi connectivity index (χ4n) is 2.01. The van der Waals surface area contributed by atoms with Crippen molar-refractivity contribution in [3.05, 3.63) is 58.1 Å². The van der Waals surface area contributed by atoms with E-state index in [0.717, 1.165) is 25.2 Å². The topological polar surface area (TPSA) is 144 Å². The highest BCUT2D eigenvalue weighted by atomic mass is 32.2. The SMILES string of the molecule is CNS(=O)(=O)c1cc([N+](=O)[O-])ccc1S(=O)c1ccccc1C(=O)O. The van der Waals surface area contributed by atoms with Crippen molar-refractivity contribution in [2.45, 2.75) is 14.7 Å². The Bertz CT molecular complexity index is 986. The number of nitrogens with one attached hydrogen (secondary N) is 1. The molecule has 2 aromatic carbocycles. The number of aromatic carboxylic acids is 1. The number of non-ortho nitro benzene ring substituents is 1. The maximum atomic E-state index is 12.8. The fourth-order valence-corrected chi connectivity index (χ4v) is 4.62. The lowest BCUT2D eigenvalue weighted by atomic mass is 10.2. The van der Waals surface area contributed by atoms with Gasteiger partial charge in [0.15, 0.2) is 0 Å². The Kier molecular flexibility index (Phi) is 5.30. The molecule has 0 aromatic heterocycles. The molecule has 0 spiro atoms. The molecule has 0 aliphatic heterocycles. The van der Waals surface area contributed by atoms with Crippen LogP contribution in [0.1, 0.15) is 10.4 Å². The second-order valence-electron chi connectivity index (χ2n) is 4.67. The van der Waals surface area contributed by atoms with Crippen molar-refractivity contribution in [2.24, 2.45) is 0 Å². The van der Waals surface area contributed by atoms with Crippen molar-refractivity contribution in [2.75, 3.05) is 7.05 Å². The molecule has 0 saturated heterocycles. The third-order valence-electron chi connectivity index (χ3n) is 3.21. The number of carbonyl (C=O) groups is 1. The summed E-state index contributed by atoms with van der Waals surface area (Å²) in [6.07, 6.45) is 0. The lowest BCUT2D eigenvalue weighted by Gasteiger charge is -2.11. The van der Waals surface area contributed by atoms with Gasteiger partial charge in [-0.3, -0.25) is 10.1 Å². The summed E-state index contributed by atoms with van der Waals surface area (Å²) < 4.78 is 39.2. The van der Waals surface area contributed by atoms with E-state index in [-0.39, 0.29) is 15.4 Å². The number of nitro benzene ring substituents is 1. The molecular weight excluding hydrogens is 372 g/mol. The second-order valence-corrected chi connectivity index (χ2v) is 7.94. The molecule has 11 heteroatoms. The monoisotopic (exact) mass is 384 g/mol. The summed E-state index contributed by atoms with van der Waals surface area (Å²) in [5, 5.41) is 20.1. The fraction of sp³-hybridized carbons (Fsp3) is 0.0714. The summed E-state index contributed by atoms with van der Waals surface area (Å²) >= 11 is 0. The number of benzene rings is 2. The third-order valence-corrected chi connectivity index (χ3v) is 6.31. The van der Waals surface area contributed by atoms with Gasteiger partial charge in [-0.25, -0.2) is 22.1 Å². The van der Waals surface area contributed by atoms with E-state index in [1.807, 2.05) is 4.72 Å². The second kappa shape index (κ2) is 7.09. The molecule has 0 aliphatic carbocycles. The highest BCUT2D eigenvalue weighted by Crippen LogP contribution is 2.29. The van der Waals surface area contributed by atoms with Crippen molar-refractivity contribution in [1.29, 1.82) is 0 Å². The lowest BCUT2D eigenvalue weighted by Crippen LogP contribution is -2.21. The van der Waals surface area contributed by atoms with Crippen molar-refractivity contribution in [3.63, 3.8) is 0 Å². The Morgan fingerprint density at radius 2 is 1.84 bits per heavy atom. The number of nitro groups is 1. The predicted octanol–water partition coefficient (Wildman–Crippen LogP) is 1.37. The van der Waals surface area contributed by atoms with Crippen LogP contribution in [0.2, 0.25) is 0 Å². The maximum absolute atomic E-state index is 12.8. The van der Waals surface area contributed by atoms with Gasteiger partial charge in [0.05, 0.1) is 31.1 Å². The summed E-state index contributed by atoms with van der Waals surface area (Å²) in [7, 11) is -5.25. The van der Waals surface area contributed by atoms with Crippen molar-refractivity contribution < 1.29 is 27.5 Å². The zero-order valence-electron chi connectivity index (χ0n) is 12.7. The molecule has 0 radical (unpaired) electrons. The van der Waals surface area contributed by atoms with Crippen LogP contribution in [0.5, 0.6) is 0 Å². The third kappa shape index (κ3) is 3.73. The number of hydrogen-bond donors (Lipinski definition) is 2. The van der Waals surface area contributed by atoms with Crippen LogP contribution in [0, 0.1) is 10.1 Å². The molecule has 2 rings (SSSR count). The molecule has 25 heavy (non-hydrogen) atoms. The van der Waals surface area contributed by atoms with Crippen molar-refractivity contribution in [1.82, 2.24) is 4.72 Å². The van der Waals surface area contributed by atoms with Crippen LogP contribution < -0.4 is 4.72 Å². The van der Waals surface area contributed by atoms with Crippen LogP contribution in [0.4, 0.5) is 5.69 Å². The molecule has 0 bridgehead atoms. The molecule has 9 nitrogen and oxygen atoms in total. The van der Waals surface area contributed by atoms with Crippen LogP contribution >= 0.6 is 0 Å². The van der Waals surface area contributed by atoms with E-state index in [4.69, 9.17) is 0 Å². The number of rotatable bonds is 6. The maximum Gasteiger partial charge on any atom is 0.336 e. The van der Waals surface area contributed by atoms with Gasteiger partial charge in [-0.2, -0.15) is 0 Å². The molecule has 0 fully saturated rings. The first-order valence-electron chi connectivity index (χ1n) is 6.65. The van der Waals surface area contributed by atoms with Crippen LogP contribution in [0.15, 0.2) is 57.2 Å². The number of carboxylic acids is 1. The minimum Gasteiger partial charge on any atom is -0.478 e. The summed E-state index contributed by atoms with van der Waals surface area (Å²) in [4.78, 5) is 20.5. The van der Waals surface area contributed by atoms with Gasteiger partial charge in [-0.1, -0.05) is 12.1 Å². The van der Waals surface area contributed by atoms with Crippen molar-refractivity contribution in [3.8, 4) is 0 Å². The van der Waals surface area contributed by atoms with E-state index in [1.165, 1.54) is 24.3 Å². The predicted molar refractivity (Wildman–Crippen MR) is 87.4 cm³/mol. The summed E-state index contributed by atoms with van der Waals surface area (Å²) in [6, 6.07) is 8.23. The molecule has 0 aliphatic rings. The van der Waals surface area contributed by atoms with E-state index in [0.29, 0.717) is 0 Å². The van der Waals surface area contributed by atoms with E-state index in [2.05, 4.69) is 0 Å². The van der Waals surface area contributed by atoms with Gasteiger partial charge >= 0.3 is 5.97 Å². The molecule has 2 aromatic rings. The summed E-state index contributed by atoms with van der Waals surface area (Å²) in [6.45, 7) is 0. The van der Waals surface area contributed by atoms with Gasteiger partial charge in [-0.15, -0.1) is 0 Å². The Balaban J connectivity index is 2.73. The largest absolute Gasteiger partial charge is 0.478 e. The minimum atomic E-state index is -4.17. The van der Waals surface area contributed by atoms with E-state index >= 15 is 0 Å². The Morgan fingerprint density at radius 1 is 1.20 bits per heavy atom. The average molecular weight is 384 g/mol. The molecular formula is C14H12N2O7S2. The summed E-state index contributed by atoms with van der Waals surface area (Å²) in [5.74, 6) is -1.33. The molecule has 2 N–H and O–H groups in total. The van der Waals surface area contributed by atoms with Crippen LogP contribution in [-0.2, 0) is 20.8 Å². The Hall–Kier alpha value is -2.63. The van der Waals surface area contributed by atoms with Gasteiger partial charge in [0.25, 0.3) is 5.69 Å². The molecule has 0 amide bonds. The van der Waals surface area contributed by atoms with Crippen LogP contribution in [0.3, 0.4) is 0 Å². The number of nitrogens with zero attached hydrogens (tertiary/aromatic N) is 1. The minimum absolute atomic E-state index is 0.114. The van der Waals surface area contributed by atoms with Crippen LogP contribution in [-0.4, -0.2) is 35.7 Å². The standard InChI is InChI=1S/C14H12N2O7S2/c1-15-25(22,23)13-8-9(16(19)20)6-7-12(13)24(21)11-5-3-2-4-10(11)14(17)18/h2-8,15H,1H3,(H,17,18). The molecule has 132 valence electrons. The molecule has 0 heterocycles. The highest BCUT2D eigenvalue weighted by Gasteiger charge is 2.26. The van der Waals surface area contributed by atoms with E-state index in [1.54, 1.807) is 0 Å². The average Bonchev–Trinajstić information content (AvgIpc) is 2.60. The highest BCUT2D eigenvalue weighted by molar-refractivity contribution is 7.91. The van der Waals surface area contributed by atoms with Gasteiger partial charge < -0.3 is 5.11 Å². The van der Waals surface area contributed by atoms with Crippen molar-refractivity contribution >= 4 is 32.5 Å². The summed E-state index contributed by atoms with van der Waals surface area (Å²) in [5.41, 5.74) is -0.756. The number of carboxylic acid groups (broad SMARTS) is 1. The van der Waals surface area contributed by atoms with E-state index < -0.39 is 42.3 Å². The van der Waals surface area contributed by atoms with Gasteiger partial charge in [0.1, 0.15) is 4.90 Å². The van der Waals surface area contributed by atoms with Gasteiger partial charge in [0.2, 0.25) is 10.0 Å². The first kappa shape index (κ1) is 18.7. The zero-order chi connectivity index (χ0) is 18.8. The number of hydrogen-bond acceptors (Lipinski definition) is 6. The lowest BCUT2D eigenvalue weighted by molar-refractivity contribution is -0.385. The molecule has 1 atom stereocenters.